The SMILES string of the molecule is CC(CCCC(=O)O)NC(=O)C1CCCC(C(F)(F)F)C1. The van der Waals surface area contributed by atoms with Crippen LogP contribution in [-0.2, 0) is 9.59 Å². The van der Waals surface area contributed by atoms with Gasteiger partial charge in [-0.25, -0.2) is 0 Å². The molecule has 0 aromatic heterocycles. The van der Waals surface area contributed by atoms with Crippen LogP contribution in [0.25, 0.3) is 0 Å². The van der Waals surface area contributed by atoms with Crippen molar-refractivity contribution in [2.45, 2.75) is 64.1 Å². The highest BCUT2D eigenvalue weighted by Gasteiger charge is 2.43. The summed E-state index contributed by atoms with van der Waals surface area (Å²) in [5.41, 5.74) is 0. The zero-order chi connectivity index (χ0) is 16.0. The molecule has 0 saturated heterocycles. The molecule has 0 bridgehead atoms. The van der Waals surface area contributed by atoms with Gasteiger partial charge in [0.1, 0.15) is 0 Å². The fourth-order valence-corrected chi connectivity index (χ4v) is 2.72. The summed E-state index contributed by atoms with van der Waals surface area (Å²) in [6.07, 6.45) is -2.40. The van der Waals surface area contributed by atoms with Gasteiger partial charge in [-0.2, -0.15) is 13.2 Å². The van der Waals surface area contributed by atoms with Crippen molar-refractivity contribution in [1.82, 2.24) is 5.32 Å². The molecular weight excluding hydrogens is 287 g/mol. The molecule has 2 N–H and O–H groups in total. The van der Waals surface area contributed by atoms with Gasteiger partial charge in [-0.3, -0.25) is 9.59 Å². The van der Waals surface area contributed by atoms with Crippen molar-refractivity contribution < 1.29 is 27.9 Å². The minimum Gasteiger partial charge on any atom is -0.481 e. The summed E-state index contributed by atoms with van der Waals surface area (Å²) in [4.78, 5) is 22.4. The largest absolute Gasteiger partial charge is 0.481 e. The highest BCUT2D eigenvalue weighted by Crippen LogP contribution is 2.39. The molecule has 3 atom stereocenters. The molecule has 0 heterocycles. The smallest absolute Gasteiger partial charge is 0.391 e. The van der Waals surface area contributed by atoms with Gasteiger partial charge >= 0.3 is 12.1 Å². The Morgan fingerprint density at radius 2 is 2.00 bits per heavy atom. The van der Waals surface area contributed by atoms with E-state index >= 15 is 0 Å². The van der Waals surface area contributed by atoms with Crippen LogP contribution in [0.5, 0.6) is 0 Å². The molecule has 1 saturated carbocycles. The zero-order valence-corrected chi connectivity index (χ0v) is 12.1. The minimum absolute atomic E-state index is 0.0276. The summed E-state index contributed by atoms with van der Waals surface area (Å²) in [7, 11) is 0. The molecule has 0 aliphatic heterocycles. The van der Waals surface area contributed by atoms with Gasteiger partial charge in [0.25, 0.3) is 0 Å². The van der Waals surface area contributed by atoms with Crippen LogP contribution in [0.3, 0.4) is 0 Å². The molecule has 122 valence electrons. The maximum Gasteiger partial charge on any atom is 0.391 e. The third kappa shape index (κ3) is 6.35. The molecule has 1 aliphatic carbocycles. The van der Waals surface area contributed by atoms with Crippen molar-refractivity contribution in [3.63, 3.8) is 0 Å². The van der Waals surface area contributed by atoms with Gasteiger partial charge < -0.3 is 10.4 Å². The minimum atomic E-state index is -4.23. The second-order valence-corrected chi connectivity index (χ2v) is 5.80. The fourth-order valence-electron chi connectivity index (χ4n) is 2.72. The molecule has 0 aromatic rings. The van der Waals surface area contributed by atoms with E-state index in [1.54, 1.807) is 6.92 Å². The van der Waals surface area contributed by atoms with E-state index in [9.17, 15) is 22.8 Å². The van der Waals surface area contributed by atoms with E-state index in [1.165, 1.54) is 0 Å². The third-order valence-electron chi connectivity index (χ3n) is 3.92. The molecule has 1 aliphatic rings. The normalized spacial score (nSPS) is 24.4. The molecule has 0 spiro atoms. The molecule has 3 unspecified atom stereocenters. The molecule has 0 aromatic carbocycles. The van der Waals surface area contributed by atoms with Gasteiger partial charge in [-0.05, 0) is 39.0 Å². The van der Waals surface area contributed by atoms with Crippen LogP contribution < -0.4 is 5.32 Å². The van der Waals surface area contributed by atoms with Crippen LogP contribution in [0.4, 0.5) is 13.2 Å². The number of hydrogen-bond donors (Lipinski definition) is 2. The lowest BCUT2D eigenvalue weighted by molar-refractivity contribution is -0.186. The van der Waals surface area contributed by atoms with Crippen molar-refractivity contribution in [2.24, 2.45) is 11.8 Å². The second-order valence-electron chi connectivity index (χ2n) is 5.80. The van der Waals surface area contributed by atoms with Crippen LogP contribution in [0.15, 0.2) is 0 Å². The van der Waals surface area contributed by atoms with Crippen LogP contribution in [0, 0.1) is 11.8 Å². The summed E-state index contributed by atoms with van der Waals surface area (Å²) in [5, 5.41) is 11.2. The maximum atomic E-state index is 12.7. The van der Waals surface area contributed by atoms with E-state index < -0.39 is 24.0 Å². The first-order valence-electron chi connectivity index (χ1n) is 7.29. The molecule has 4 nitrogen and oxygen atoms in total. The number of nitrogens with one attached hydrogen (secondary N) is 1. The van der Waals surface area contributed by atoms with Gasteiger partial charge in [0.2, 0.25) is 5.91 Å². The number of carbonyl (C=O) groups is 2. The summed E-state index contributed by atoms with van der Waals surface area (Å²) >= 11 is 0. The number of halogens is 3. The highest BCUT2D eigenvalue weighted by atomic mass is 19.4. The lowest BCUT2D eigenvalue weighted by Crippen LogP contribution is -2.41. The number of amides is 1. The van der Waals surface area contributed by atoms with Crippen molar-refractivity contribution in [1.29, 1.82) is 0 Å². The summed E-state index contributed by atoms with van der Waals surface area (Å²) in [6, 6.07) is -0.219. The van der Waals surface area contributed by atoms with Gasteiger partial charge in [-0.15, -0.1) is 0 Å². The Kier molecular flexibility index (Phi) is 6.48. The van der Waals surface area contributed by atoms with Gasteiger partial charge in [0.05, 0.1) is 5.92 Å². The number of alkyl halides is 3. The fraction of sp³-hybridized carbons (Fsp3) is 0.857. The molecule has 7 heteroatoms. The topological polar surface area (TPSA) is 66.4 Å². The Bertz CT molecular complexity index is 371. The van der Waals surface area contributed by atoms with E-state index in [4.69, 9.17) is 5.11 Å². The van der Waals surface area contributed by atoms with Crippen molar-refractivity contribution in [2.75, 3.05) is 0 Å². The van der Waals surface area contributed by atoms with Crippen molar-refractivity contribution in [3.05, 3.63) is 0 Å². The Morgan fingerprint density at radius 1 is 1.33 bits per heavy atom. The molecule has 1 fully saturated rings. The van der Waals surface area contributed by atoms with E-state index in [2.05, 4.69) is 5.32 Å². The number of hydrogen-bond acceptors (Lipinski definition) is 2. The number of carbonyl (C=O) groups excluding carboxylic acids is 1. The van der Waals surface area contributed by atoms with E-state index in [-0.39, 0.29) is 31.2 Å². The average molecular weight is 309 g/mol. The molecule has 1 rings (SSSR count). The van der Waals surface area contributed by atoms with Gasteiger partial charge in [0.15, 0.2) is 0 Å². The summed E-state index contributed by atoms with van der Waals surface area (Å²) < 4.78 is 38.1. The second kappa shape index (κ2) is 7.66. The first-order chi connectivity index (χ1) is 9.70. The van der Waals surface area contributed by atoms with E-state index in [1.807, 2.05) is 0 Å². The average Bonchev–Trinajstić information content (AvgIpc) is 2.37. The van der Waals surface area contributed by atoms with E-state index in [0.29, 0.717) is 25.7 Å². The monoisotopic (exact) mass is 309 g/mol. The van der Waals surface area contributed by atoms with Crippen LogP contribution >= 0.6 is 0 Å². The standard InChI is InChI=1S/C14H22F3NO3/c1-9(4-2-7-12(19)20)18-13(21)10-5-3-6-11(8-10)14(15,16)17/h9-11H,2-8H2,1H3,(H,18,21)(H,19,20). The molecular formula is C14H22F3NO3. The first-order valence-corrected chi connectivity index (χ1v) is 7.29. The van der Waals surface area contributed by atoms with Crippen LogP contribution in [0.1, 0.15) is 51.9 Å². The Hall–Kier alpha value is -1.27. The molecule has 0 radical (unpaired) electrons. The van der Waals surface area contributed by atoms with Crippen LogP contribution in [-0.4, -0.2) is 29.2 Å². The zero-order valence-electron chi connectivity index (χ0n) is 12.1. The summed E-state index contributed by atoms with van der Waals surface area (Å²) in [5.74, 6) is -3.21. The predicted molar refractivity (Wildman–Crippen MR) is 70.6 cm³/mol. The number of rotatable bonds is 6. The van der Waals surface area contributed by atoms with Crippen molar-refractivity contribution >= 4 is 11.9 Å². The predicted octanol–water partition coefficient (Wildman–Crippen LogP) is 3.11. The Balaban J connectivity index is 2.38. The van der Waals surface area contributed by atoms with Crippen LogP contribution in [0.2, 0.25) is 0 Å². The lowest BCUT2D eigenvalue weighted by atomic mass is 9.80. The lowest BCUT2D eigenvalue weighted by Gasteiger charge is -2.30. The van der Waals surface area contributed by atoms with E-state index in [0.717, 1.165) is 0 Å². The van der Waals surface area contributed by atoms with Crippen molar-refractivity contribution in [3.8, 4) is 0 Å². The highest BCUT2D eigenvalue weighted by molar-refractivity contribution is 5.79. The Labute approximate surface area is 122 Å². The number of carboxylic acids is 1. The quantitative estimate of drug-likeness (QED) is 0.792. The summed E-state index contributed by atoms with van der Waals surface area (Å²) in [6.45, 7) is 1.74. The van der Waals surface area contributed by atoms with Gasteiger partial charge in [0, 0.05) is 18.4 Å². The van der Waals surface area contributed by atoms with Gasteiger partial charge in [-0.1, -0.05) is 6.42 Å². The molecule has 1 amide bonds. The number of aliphatic carboxylic acids is 1. The maximum absolute atomic E-state index is 12.7. The Morgan fingerprint density at radius 3 is 2.57 bits per heavy atom. The third-order valence-corrected chi connectivity index (χ3v) is 3.92. The first kappa shape index (κ1) is 17.8. The number of carboxylic acid groups (broad SMARTS) is 1. The molecule has 21 heavy (non-hydrogen) atoms.